The number of anilines is 1. The van der Waals surface area contributed by atoms with Crippen molar-refractivity contribution >= 4 is 30.4 Å². The Kier molecular flexibility index (Phi) is 4.19. The Bertz CT molecular complexity index is 756. The van der Waals surface area contributed by atoms with Crippen LogP contribution in [-0.4, -0.2) is 17.9 Å². The van der Waals surface area contributed by atoms with E-state index in [4.69, 9.17) is 11.6 Å². The molecule has 5 heteroatoms. The molecule has 0 spiro atoms. The molecule has 0 radical (unpaired) electrons. The molecule has 2 fully saturated rings. The van der Waals surface area contributed by atoms with Crippen LogP contribution in [0.5, 0.6) is 0 Å². The second-order valence-corrected chi connectivity index (χ2v) is 8.21. The Balaban J connectivity index is 1.71. The van der Waals surface area contributed by atoms with Gasteiger partial charge in [0.15, 0.2) is 5.82 Å². The van der Waals surface area contributed by atoms with Crippen LogP contribution in [0.4, 0.5) is 5.82 Å². The van der Waals surface area contributed by atoms with Crippen LogP contribution >= 0.6 is 11.6 Å². The van der Waals surface area contributed by atoms with Crippen LogP contribution in [0.3, 0.4) is 0 Å². The minimum absolute atomic E-state index is 0.220. The van der Waals surface area contributed by atoms with E-state index in [2.05, 4.69) is 41.4 Å². The number of aliphatic imine (C=N–C) groups is 1. The van der Waals surface area contributed by atoms with Crippen molar-refractivity contribution in [1.29, 1.82) is 0 Å². The standard InChI is InChI=1S/C20H25ClN4/c1-13-6-4-5-9-20(11-16(20)8-7-13)17-10-15-12-23-14(2)25(22-3)19(15)24-18(17)21/h10,12-13,16H,2-9,11H2,1H3. The molecule has 1 aliphatic heterocycles. The first-order chi connectivity index (χ1) is 12.0. The number of fused-ring (bicyclic) bond motifs is 2. The number of pyridine rings is 1. The molecule has 1 aromatic heterocycles. The van der Waals surface area contributed by atoms with E-state index in [9.17, 15) is 0 Å². The van der Waals surface area contributed by atoms with Gasteiger partial charge in [-0.25, -0.2) is 9.98 Å². The van der Waals surface area contributed by atoms with Crippen molar-refractivity contribution in [3.63, 3.8) is 0 Å². The zero-order chi connectivity index (χ0) is 17.6. The number of rotatable bonds is 2. The lowest BCUT2D eigenvalue weighted by Crippen LogP contribution is -2.22. The first-order valence-electron chi connectivity index (χ1n) is 9.26. The van der Waals surface area contributed by atoms with Crippen LogP contribution in [0.15, 0.2) is 28.6 Å². The molecule has 4 rings (SSSR count). The quantitative estimate of drug-likeness (QED) is 0.532. The minimum atomic E-state index is 0.220. The summed E-state index contributed by atoms with van der Waals surface area (Å²) in [6.07, 6.45) is 10.9. The third-order valence-electron chi connectivity index (χ3n) is 6.27. The van der Waals surface area contributed by atoms with Gasteiger partial charge < -0.3 is 0 Å². The number of halogens is 1. The number of hydrazone groups is 1. The maximum atomic E-state index is 6.67. The number of hydrogen-bond donors (Lipinski definition) is 0. The van der Waals surface area contributed by atoms with Gasteiger partial charge in [-0.15, -0.1) is 0 Å². The summed E-state index contributed by atoms with van der Waals surface area (Å²) in [5.41, 5.74) is 2.38. The Morgan fingerprint density at radius 3 is 2.96 bits per heavy atom. The summed E-state index contributed by atoms with van der Waals surface area (Å²) in [4.78, 5) is 8.99. The largest absolute Gasteiger partial charge is 0.237 e. The molecule has 1 aromatic rings. The van der Waals surface area contributed by atoms with Crippen molar-refractivity contribution in [2.24, 2.45) is 21.9 Å². The molecular weight excluding hydrogens is 332 g/mol. The first kappa shape index (κ1) is 16.8. The number of hydrogen-bond acceptors (Lipinski definition) is 4. The Hall–Kier alpha value is -1.68. The highest BCUT2D eigenvalue weighted by Crippen LogP contribution is 2.62. The molecule has 0 aromatic carbocycles. The topological polar surface area (TPSA) is 40.9 Å². The molecule has 4 nitrogen and oxygen atoms in total. The van der Waals surface area contributed by atoms with Gasteiger partial charge >= 0.3 is 0 Å². The molecule has 25 heavy (non-hydrogen) atoms. The van der Waals surface area contributed by atoms with E-state index in [1.54, 1.807) is 5.01 Å². The maximum Gasteiger partial charge on any atom is 0.166 e. The Morgan fingerprint density at radius 2 is 2.16 bits per heavy atom. The highest BCUT2D eigenvalue weighted by atomic mass is 35.5. The lowest BCUT2D eigenvalue weighted by atomic mass is 9.87. The van der Waals surface area contributed by atoms with Crippen LogP contribution in [0.1, 0.15) is 63.0 Å². The second kappa shape index (κ2) is 6.24. The van der Waals surface area contributed by atoms with Crippen molar-refractivity contribution in [2.45, 2.75) is 57.3 Å². The van der Waals surface area contributed by atoms with Crippen LogP contribution < -0.4 is 5.01 Å². The third-order valence-corrected chi connectivity index (χ3v) is 6.56. The summed E-state index contributed by atoms with van der Waals surface area (Å²) in [7, 11) is 0. The summed E-state index contributed by atoms with van der Waals surface area (Å²) >= 11 is 6.67. The number of aromatic nitrogens is 1. The summed E-state index contributed by atoms with van der Waals surface area (Å²) in [6.45, 7) is 9.87. The first-order valence-corrected chi connectivity index (χ1v) is 9.64. The van der Waals surface area contributed by atoms with E-state index in [1.165, 1.54) is 50.5 Å². The van der Waals surface area contributed by atoms with Crippen LogP contribution in [0.2, 0.25) is 5.15 Å². The van der Waals surface area contributed by atoms with Crippen LogP contribution in [0.25, 0.3) is 0 Å². The van der Waals surface area contributed by atoms with Crippen molar-refractivity contribution in [1.82, 2.24) is 4.98 Å². The van der Waals surface area contributed by atoms with Crippen molar-refractivity contribution in [3.05, 3.63) is 34.7 Å². The SMILES string of the molecule is C=NN1C(=C)N=Cc2cc(C34CCCCC(C)CCC3C4)c(Cl)nc21. The highest BCUT2D eigenvalue weighted by Gasteiger charge is 2.55. The molecule has 2 aliphatic carbocycles. The Labute approximate surface area is 154 Å². The van der Waals surface area contributed by atoms with Crippen LogP contribution in [-0.2, 0) is 5.41 Å². The van der Waals surface area contributed by atoms with Crippen molar-refractivity contribution in [3.8, 4) is 0 Å². The predicted octanol–water partition coefficient (Wildman–Crippen LogP) is 5.31. The van der Waals surface area contributed by atoms with E-state index >= 15 is 0 Å². The molecule has 0 N–H and O–H groups in total. The molecular formula is C20H25ClN4. The molecule has 0 amide bonds. The fourth-order valence-corrected chi connectivity index (χ4v) is 5.00. The highest BCUT2D eigenvalue weighted by molar-refractivity contribution is 6.30. The van der Waals surface area contributed by atoms with Crippen molar-refractivity contribution in [2.75, 3.05) is 5.01 Å². The van der Waals surface area contributed by atoms with Gasteiger partial charge in [-0.3, -0.25) is 0 Å². The van der Waals surface area contributed by atoms with Crippen LogP contribution in [0, 0.1) is 11.8 Å². The van der Waals surface area contributed by atoms with Gasteiger partial charge in [-0.05, 0) is 42.7 Å². The van der Waals surface area contributed by atoms with E-state index in [1.807, 2.05) is 6.21 Å². The monoisotopic (exact) mass is 356 g/mol. The lowest BCUT2D eigenvalue weighted by Gasteiger charge is -2.25. The van der Waals surface area contributed by atoms with Gasteiger partial charge in [0, 0.05) is 23.9 Å². The summed E-state index contributed by atoms with van der Waals surface area (Å²) in [6, 6.07) is 2.18. The average molecular weight is 357 g/mol. The van der Waals surface area contributed by atoms with E-state index in [0.717, 1.165) is 17.4 Å². The lowest BCUT2D eigenvalue weighted by molar-refractivity contribution is 0.451. The van der Waals surface area contributed by atoms with Gasteiger partial charge in [-0.2, -0.15) is 10.1 Å². The third kappa shape index (κ3) is 2.80. The molecule has 0 bridgehead atoms. The van der Waals surface area contributed by atoms with Gasteiger partial charge in [0.25, 0.3) is 0 Å². The average Bonchev–Trinajstić information content (AvgIpc) is 3.29. The molecule has 2 heterocycles. The molecule has 0 saturated heterocycles. The zero-order valence-electron chi connectivity index (χ0n) is 14.8. The number of nitrogens with zero attached hydrogens (tertiary/aromatic N) is 4. The minimum Gasteiger partial charge on any atom is -0.237 e. The van der Waals surface area contributed by atoms with Gasteiger partial charge in [0.1, 0.15) is 11.0 Å². The predicted molar refractivity (Wildman–Crippen MR) is 105 cm³/mol. The van der Waals surface area contributed by atoms with Crippen molar-refractivity contribution < 1.29 is 0 Å². The molecule has 132 valence electrons. The summed E-state index contributed by atoms with van der Waals surface area (Å²) in [5.74, 6) is 2.78. The van der Waals surface area contributed by atoms with E-state index < -0.39 is 0 Å². The van der Waals surface area contributed by atoms with E-state index in [-0.39, 0.29) is 5.41 Å². The fraction of sp³-hybridized carbons (Fsp3) is 0.550. The van der Waals surface area contributed by atoms with Gasteiger partial charge in [0.2, 0.25) is 0 Å². The molecule has 3 unspecified atom stereocenters. The molecule has 2 saturated carbocycles. The molecule has 3 atom stereocenters. The maximum absolute atomic E-state index is 6.67. The van der Waals surface area contributed by atoms with Gasteiger partial charge in [-0.1, -0.05) is 50.8 Å². The Morgan fingerprint density at radius 1 is 1.32 bits per heavy atom. The molecule has 3 aliphatic rings. The van der Waals surface area contributed by atoms with E-state index in [0.29, 0.717) is 16.8 Å². The summed E-state index contributed by atoms with van der Waals surface area (Å²) in [5, 5.41) is 6.13. The summed E-state index contributed by atoms with van der Waals surface area (Å²) < 4.78 is 0. The fourth-order valence-electron chi connectivity index (χ4n) is 4.67. The smallest absolute Gasteiger partial charge is 0.166 e. The second-order valence-electron chi connectivity index (χ2n) is 7.85. The zero-order valence-corrected chi connectivity index (χ0v) is 15.6. The van der Waals surface area contributed by atoms with Gasteiger partial charge in [0.05, 0.1) is 0 Å². The normalized spacial score (nSPS) is 31.4.